The molecule has 1 aliphatic carbocycles. The second kappa shape index (κ2) is 3.97. The van der Waals surface area contributed by atoms with Crippen LogP contribution in [0.3, 0.4) is 0 Å². The molecule has 1 aromatic carbocycles. The molecule has 0 aromatic heterocycles. The van der Waals surface area contributed by atoms with Crippen LogP contribution in [0, 0.1) is 6.92 Å². The highest BCUT2D eigenvalue weighted by molar-refractivity contribution is 5.37. The smallest absolute Gasteiger partial charge is 0.0328 e. The maximum absolute atomic E-state index is 3.73. The fraction of sp³-hybridized carbons (Fsp3) is 0.385. The lowest BCUT2D eigenvalue weighted by Gasteiger charge is -2.12. The molecule has 1 nitrogen and oxygen atoms in total. The molecule has 1 aliphatic rings. The summed E-state index contributed by atoms with van der Waals surface area (Å²) in [4.78, 5) is 0. The summed E-state index contributed by atoms with van der Waals surface area (Å²) in [6.07, 6.45) is 4.37. The fourth-order valence-corrected chi connectivity index (χ4v) is 2.18. The summed E-state index contributed by atoms with van der Waals surface area (Å²) in [5.41, 5.74) is 4.37. The van der Waals surface area contributed by atoms with Crippen molar-refractivity contribution in [2.75, 3.05) is 6.54 Å². The number of aryl methyl sites for hydroxylation is 2. The van der Waals surface area contributed by atoms with Gasteiger partial charge in [0, 0.05) is 12.6 Å². The monoisotopic (exact) mass is 187 g/mol. The largest absolute Gasteiger partial charge is 0.306 e. The van der Waals surface area contributed by atoms with Gasteiger partial charge in [-0.3, -0.25) is 0 Å². The average molecular weight is 187 g/mol. The van der Waals surface area contributed by atoms with Gasteiger partial charge in [-0.15, -0.1) is 6.58 Å². The van der Waals surface area contributed by atoms with E-state index in [0.29, 0.717) is 6.04 Å². The lowest BCUT2D eigenvalue weighted by Crippen LogP contribution is -2.18. The van der Waals surface area contributed by atoms with Crippen molar-refractivity contribution in [3.8, 4) is 0 Å². The SMILES string of the molecule is C=CCNC1CCc2cc(C)ccc21. The van der Waals surface area contributed by atoms with Crippen LogP contribution in [0.4, 0.5) is 0 Å². The highest BCUT2D eigenvalue weighted by Gasteiger charge is 2.20. The molecule has 0 heterocycles. The molecule has 0 radical (unpaired) electrons. The molecule has 74 valence electrons. The Morgan fingerprint density at radius 1 is 1.57 bits per heavy atom. The highest BCUT2D eigenvalue weighted by atomic mass is 14.9. The van der Waals surface area contributed by atoms with E-state index in [-0.39, 0.29) is 0 Å². The van der Waals surface area contributed by atoms with Crippen LogP contribution in [-0.4, -0.2) is 6.54 Å². The van der Waals surface area contributed by atoms with E-state index < -0.39 is 0 Å². The topological polar surface area (TPSA) is 12.0 Å². The first-order valence-corrected chi connectivity index (χ1v) is 5.25. The Balaban J connectivity index is 2.18. The Morgan fingerprint density at radius 2 is 2.43 bits per heavy atom. The molecule has 1 aromatic rings. The van der Waals surface area contributed by atoms with Crippen LogP contribution >= 0.6 is 0 Å². The summed E-state index contributed by atoms with van der Waals surface area (Å²) >= 11 is 0. The molecular formula is C13H17N. The van der Waals surface area contributed by atoms with Crippen molar-refractivity contribution in [3.05, 3.63) is 47.5 Å². The molecule has 0 saturated heterocycles. The Morgan fingerprint density at radius 3 is 3.21 bits per heavy atom. The molecule has 0 aliphatic heterocycles. The molecule has 0 fully saturated rings. The van der Waals surface area contributed by atoms with E-state index in [1.54, 1.807) is 0 Å². The summed E-state index contributed by atoms with van der Waals surface area (Å²) in [5, 5.41) is 3.49. The minimum atomic E-state index is 0.545. The molecular weight excluding hydrogens is 170 g/mol. The zero-order valence-electron chi connectivity index (χ0n) is 8.72. The van der Waals surface area contributed by atoms with E-state index in [0.717, 1.165) is 6.54 Å². The van der Waals surface area contributed by atoms with Gasteiger partial charge in [-0.25, -0.2) is 0 Å². The van der Waals surface area contributed by atoms with Crippen LogP contribution in [-0.2, 0) is 6.42 Å². The number of hydrogen-bond donors (Lipinski definition) is 1. The van der Waals surface area contributed by atoms with Crippen molar-refractivity contribution >= 4 is 0 Å². The molecule has 1 N–H and O–H groups in total. The Bertz CT molecular complexity index is 341. The van der Waals surface area contributed by atoms with Gasteiger partial charge in [0.25, 0.3) is 0 Å². The number of fused-ring (bicyclic) bond motifs is 1. The van der Waals surface area contributed by atoms with Crippen LogP contribution in [0.1, 0.15) is 29.2 Å². The summed E-state index contributed by atoms with van der Waals surface area (Å²) < 4.78 is 0. The van der Waals surface area contributed by atoms with Crippen LogP contribution in [0.2, 0.25) is 0 Å². The predicted octanol–water partition coefficient (Wildman–Crippen LogP) is 2.76. The lowest BCUT2D eigenvalue weighted by molar-refractivity contribution is 0.564. The molecule has 14 heavy (non-hydrogen) atoms. The normalized spacial score (nSPS) is 19.4. The quantitative estimate of drug-likeness (QED) is 0.717. The molecule has 0 saturated carbocycles. The molecule has 1 heteroatoms. The fourth-order valence-electron chi connectivity index (χ4n) is 2.18. The van der Waals surface area contributed by atoms with Gasteiger partial charge >= 0.3 is 0 Å². The number of benzene rings is 1. The van der Waals surface area contributed by atoms with Gasteiger partial charge in [-0.2, -0.15) is 0 Å². The van der Waals surface area contributed by atoms with E-state index in [9.17, 15) is 0 Å². The first-order valence-electron chi connectivity index (χ1n) is 5.25. The van der Waals surface area contributed by atoms with Gasteiger partial charge in [0.05, 0.1) is 0 Å². The summed E-state index contributed by atoms with van der Waals surface area (Å²) in [7, 11) is 0. The van der Waals surface area contributed by atoms with E-state index in [1.165, 1.54) is 29.5 Å². The third kappa shape index (κ3) is 1.73. The summed E-state index contributed by atoms with van der Waals surface area (Å²) in [5.74, 6) is 0. The third-order valence-electron chi connectivity index (χ3n) is 2.88. The predicted molar refractivity (Wildman–Crippen MR) is 60.4 cm³/mol. The highest BCUT2D eigenvalue weighted by Crippen LogP contribution is 2.31. The van der Waals surface area contributed by atoms with E-state index >= 15 is 0 Å². The average Bonchev–Trinajstić information content (AvgIpc) is 2.57. The van der Waals surface area contributed by atoms with Crippen LogP contribution in [0.5, 0.6) is 0 Å². The summed E-state index contributed by atoms with van der Waals surface area (Å²) in [6.45, 7) is 6.79. The Kier molecular flexibility index (Phi) is 2.69. The minimum absolute atomic E-state index is 0.545. The number of hydrogen-bond acceptors (Lipinski definition) is 1. The second-order valence-electron chi connectivity index (χ2n) is 3.99. The van der Waals surface area contributed by atoms with Crippen molar-refractivity contribution < 1.29 is 0 Å². The second-order valence-corrected chi connectivity index (χ2v) is 3.99. The molecule has 1 atom stereocenters. The van der Waals surface area contributed by atoms with Crippen molar-refractivity contribution in [3.63, 3.8) is 0 Å². The van der Waals surface area contributed by atoms with Gasteiger partial charge in [0.1, 0.15) is 0 Å². The zero-order chi connectivity index (χ0) is 9.97. The standard InChI is InChI=1S/C13H17N/c1-3-8-14-13-7-5-11-9-10(2)4-6-12(11)13/h3-4,6,9,13-14H,1,5,7-8H2,2H3. The lowest BCUT2D eigenvalue weighted by atomic mass is 10.1. The van der Waals surface area contributed by atoms with E-state index in [4.69, 9.17) is 0 Å². The zero-order valence-corrected chi connectivity index (χ0v) is 8.72. The van der Waals surface area contributed by atoms with Crippen molar-refractivity contribution in [2.45, 2.75) is 25.8 Å². The molecule has 0 amide bonds. The maximum Gasteiger partial charge on any atom is 0.0328 e. The number of rotatable bonds is 3. The van der Waals surface area contributed by atoms with Crippen LogP contribution < -0.4 is 5.32 Å². The van der Waals surface area contributed by atoms with Crippen molar-refractivity contribution in [1.29, 1.82) is 0 Å². The van der Waals surface area contributed by atoms with Crippen molar-refractivity contribution in [1.82, 2.24) is 5.32 Å². The summed E-state index contributed by atoms with van der Waals surface area (Å²) in [6, 6.07) is 7.32. The van der Waals surface area contributed by atoms with Gasteiger partial charge in [-0.05, 0) is 30.9 Å². The van der Waals surface area contributed by atoms with Crippen LogP contribution in [0.15, 0.2) is 30.9 Å². The Hall–Kier alpha value is -1.08. The van der Waals surface area contributed by atoms with Gasteiger partial charge in [-0.1, -0.05) is 29.8 Å². The first-order chi connectivity index (χ1) is 6.81. The van der Waals surface area contributed by atoms with Gasteiger partial charge in [0.15, 0.2) is 0 Å². The minimum Gasteiger partial charge on any atom is -0.306 e. The molecule has 2 rings (SSSR count). The molecule has 1 unspecified atom stereocenters. The third-order valence-corrected chi connectivity index (χ3v) is 2.88. The van der Waals surface area contributed by atoms with E-state index in [2.05, 4.69) is 37.0 Å². The van der Waals surface area contributed by atoms with Crippen molar-refractivity contribution in [2.24, 2.45) is 0 Å². The molecule has 0 spiro atoms. The van der Waals surface area contributed by atoms with Gasteiger partial charge < -0.3 is 5.32 Å². The maximum atomic E-state index is 3.73. The molecule has 0 bridgehead atoms. The first kappa shape index (κ1) is 9.47. The van der Waals surface area contributed by atoms with Gasteiger partial charge in [0.2, 0.25) is 0 Å². The Labute approximate surface area is 85.8 Å². The van der Waals surface area contributed by atoms with E-state index in [1.807, 2.05) is 6.08 Å². The van der Waals surface area contributed by atoms with Crippen LogP contribution in [0.25, 0.3) is 0 Å². The number of nitrogens with one attached hydrogen (secondary N) is 1.